The summed E-state index contributed by atoms with van der Waals surface area (Å²) in [5.41, 5.74) is 3.92. The van der Waals surface area contributed by atoms with Crippen LogP contribution in [0.5, 0.6) is 0 Å². The number of fused-ring (bicyclic) bond motifs is 1. The Bertz CT molecular complexity index is 1320. The van der Waals surface area contributed by atoms with Crippen LogP contribution in [-0.4, -0.2) is 42.7 Å². The van der Waals surface area contributed by atoms with Crippen LogP contribution in [-0.2, 0) is 11.2 Å². The summed E-state index contributed by atoms with van der Waals surface area (Å²) in [7, 11) is 0. The first-order valence-corrected chi connectivity index (χ1v) is 10.3. The van der Waals surface area contributed by atoms with Crippen molar-refractivity contribution < 1.29 is 4.79 Å². The zero-order valence-corrected chi connectivity index (χ0v) is 20.6. The Morgan fingerprint density at radius 3 is 2.59 bits per heavy atom. The van der Waals surface area contributed by atoms with Gasteiger partial charge >= 0.3 is 5.56 Å². The average Bonchev–Trinajstić information content (AvgIpc) is 3.18. The van der Waals surface area contributed by atoms with E-state index in [1.54, 1.807) is 13.1 Å². The molecule has 4 rings (SSSR count). The van der Waals surface area contributed by atoms with Gasteiger partial charge in [-0.2, -0.15) is 4.68 Å². The highest BCUT2D eigenvalue weighted by molar-refractivity contribution is 5.85. The number of nitrogens with one attached hydrogen (secondary N) is 2. The van der Waals surface area contributed by atoms with E-state index in [0.29, 0.717) is 35.5 Å². The van der Waals surface area contributed by atoms with E-state index in [9.17, 15) is 9.59 Å². The summed E-state index contributed by atoms with van der Waals surface area (Å²) >= 11 is 0. The van der Waals surface area contributed by atoms with Gasteiger partial charge in [-0.15, -0.1) is 34.7 Å². The van der Waals surface area contributed by atoms with E-state index in [2.05, 4.69) is 30.9 Å². The quantitative estimate of drug-likeness (QED) is 0.354. The third-order valence-electron chi connectivity index (χ3n) is 5.27. The monoisotopic (exact) mass is 504 g/mol. The number of hydrogen-bond donors (Lipinski definition) is 2. The maximum absolute atomic E-state index is 13.2. The molecule has 12 heteroatoms. The Balaban J connectivity index is 0.00000204. The molecule has 2 N–H and O–H groups in total. The molecular formula is C22H26Cl2N8O2. The first kappa shape index (κ1) is 26.7. The van der Waals surface area contributed by atoms with Gasteiger partial charge in [0.2, 0.25) is 12.1 Å². The van der Waals surface area contributed by atoms with Gasteiger partial charge in [0.05, 0.1) is 17.9 Å². The smallest absolute Gasteiger partial charge is 0.313 e. The summed E-state index contributed by atoms with van der Waals surface area (Å²) in [5.74, 6) is 0.229. The number of benzene rings is 1. The van der Waals surface area contributed by atoms with Crippen molar-refractivity contribution in [3.05, 3.63) is 75.5 Å². The molecule has 3 heterocycles. The minimum atomic E-state index is -0.343. The number of carbonyl (C=O) groups is 1. The average molecular weight is 505 g/mol. The number of carbonyl (C=O) groups excluding carboxylic acids is 1. The molecule has 0 aliphatic rings. The van der Waals surface area contributed by atoms with E-state index in [4.69, 9.17) is 0 Å². The van der Waals surface area contributed by atoms with Crippen LogP contribution < -0.4 is 16.2 Å². The van der Waals surface area contributed by atoms with Crippen molar-refractivity contribution >= 4 is 48.2 Å². The van der Waals surface area contributed by atoms with Gasteiger partial charge in [-0.05, 0) is 49.6 Å². The molecule has 0 fully saturated rings. The van der Waals surface area contributed by atoms with Crippen molar-refractivity contribution in [1.29, 1.82) is 0 Å². The zero-order valence-electron chi connectivity index (χ0n) is 18.9. The highest BCUT2D eigenvalue weighted by Crippen LogP contribution is 2.20. The van der Waals surface area contributed by atoms with Crippen LogP contribution >= 0.6 is 24.8 Å². The van der Waals surface area contributed by atoms with Crippen molar-refractivity contribution in [2.24, 2.45) is 0 Å². The second-order valence-electron chi connectivity index (χ2n) is 7.52. The van der Waals surface area contributed by atoms with Crippen LogP contribution in [0.2, 0.25) is 0 Å². The lowest BCUT2D eigenvalue weighted by Crippen LogP contribution is -2.32. The first-order chi connectivity index (χ1) is 15.5. The van der Waals surface area contributed by atoms with E-state index in [-0.39, 0.29) is 42.2 Å². The molecule has 10 nitrogen and oxygen atoms in total. The fourth-order valence-corrected chi connectivity index (χ4v) is 3.57. The third-order valence-corrected chi connectivity index (χ3v) is 5.27. The number of aryl methyl sites for hydroxylation is 2. The van der Waals surface area contributed by atoms with Crippen LogP contribution in [0.3, 0.4) is 0 Å². The molecule has 4 aromatic rings. The Morgan fingerprint density at radius 1 is 1.15 bits per heavy atom. The third kappa shape index (κ3) is 5.35. The minimum absolute atomic E-state index is 0. The van der Waals surface area contributed by atoms with Crippen LogP contribution in [0, 0.1) is 13.8 Å². The molecule has 0 aliphatic carbocycles. The number of anilines is 1. The zero-order chi connectivity index (χ0) is 22.7. The summed E-state index contributed by atoms with van der Waals surface area (Å²) in [4.78, 5) is 34.3. The second-order valence-corrected chi connectivity index (χ2v) is 7.52. The number of nitrogens with zero attached hydrogens (tertiary/aromatic N) is 6. The van der Waals surface area contributed by atoms with Crippen molar-refractivity contribution in [2.75, 3.05) is 11.9 Å². The van der Waals surface area contributed by atoms with Gasteiger partial charge in [-0.25, -0.2) is 9.97 Å². The lowest BCUT2D eigenvalue weighted by Gasteiger charge is -2.14. The molecule has 34 heavy (non-hydrogen) atoms. The van der Waals surface area contributed by atoms with Gasteiger partial charge in [0, 0.05) is 12.2 Å². The summed E-state index contributed by atoms with van der Waals surface area (Å²) in [5, 5.41) is 14.2. The predicted molar refractivity (Wildman–Crippen MR) is 135 cm³/mol. The minimum Gasteiger partial charge on any atom is -0.365 e. The molecule has 0 saturated carbocycles. The standard InChI is InChI=1S/C22H24N8O2.2ClH/c1-14-12-24-20(23-10-9-17-7-5-4-6-8-17)22(32)29(14)30-21-19(27-28-30)11-18(16(3)26-21)15(2)25-13-31;;/h4-8,11-13,15H,9-10H2,1-3H3,(H,23,24)(H,25,31);2*1H. The summed E-state index contributed by atoms with van der Waals surface area (Å²) in [6.45, 7) is 6.04. The molecular weight excluding hydrogens is 479 g/mol. The van der Waals surface area contributed by atoms with Crippen molar-refractivity contribution in [3.8, 4) is 0 Å². The summed E-state index contributed by atoms with van der Waals surface area (Å²) < 4.78 is 1.40. The van der Waals surface area contributed by atoms with Gasteiger partial charge in [-0.1, -0.05) is 30.3 Å². The molecule has 0 saturated heterocycles. The maximum atomic E-state index is 13.2. The van der Waals surface area contributed by atoms with Crippen LogP contribution in [0.15, 0.2) is 47.4 Å². The molecule has 180 valence electrons. The molecule has 0 aliphatic heterocycles. The largest absolute Gasteiger partial charge is 0.365 e. The fraction of sp³-hybridized carbons (Fsp3) is 0.273. The molecule has 1 aromatic carbocycles. The molecule has 0 radical (unpaired) electrons. The Labute approximate surface area is 208 Å². The number of amides is 1. The van der Waals surface area contributed by atoms with Gasteiger partial charge in [0.25, 0.3) is 0 Å². The van der Waals surface area contributed by atoms with Gasteiger partial charge in [0.1, 0.15) is 5.52 Å². The van der Waals surface area contributed by atoms with Crippen LogP contribution in [0.1, 0.15) is 35.5 Å². The van der Waals surface area contributed by atoms with Crippen molar-refractivity contribution in [2.45, 2.75) is 33.2 Å². The summed E-state index contributed by atoms with van der Waals surface area (Å²) in [6, 6.07) is 11.6. The molecule has 0 bridgehead atoms. The number of rotatable bonds is 8. The van der Waals surface area contributed by atoms with Crippen molar-refractivity contribution in [1.82, 2.24) is 35.1 Å². The normalized spacial score (nSPS) is 11.3. The van der Waals surface area contributed by atoms with E-state index in [0.717, 1.165) is 12.0 Å². The van der Waals surface area contributed by atoms with Crippen molar-refractivity contribution in [3.63, 3.8) is 0 Å². The van der Waals surface area contributed by atoms with Crippen LogP contribution in [0.4, 0.5) is 5.82 Å². The van der Waals surface area contributed by atoms with Gasteiger partial charge in [0.15, 0.2) is 5.82 Å². The van der Waals surface area contributed by atoms with Crippen LogP contribution in [0.25, 0.3) is 11.2 Å². The highest BCUT2D eigenvalue weighted by atomic mass is 35.5. The molecule has 0 spiro atoms. The Morgan fingerprint density at radius 2 is 1.88 bits per heavy atom. The Kier molecular flexibility index (Phi) is 9.11. The van der Waals surface area contributed by atoms with E-state index in [1.807, 2.05) is 50.2 Å². The summed E-state index contributed by atoms with van der Waals surface area (Å²) in [6.07, 6.45) is 3.02. The van der Waals surface area contributed by atoms with Gasteiger partial charge in [-0.3, -0.25) is 9.59 Å². The lowest BCUT2D eigenvalue weighted by atomic mass is 10.1. The van der Waals surface area contributed by atoms with Gasteiger partial charge < -0.3 is 10.6 Å². The number of hydrogen-bond acceptors (Lipinski definition) is 7. The maximum Gasteiger partial charge on any atom is 0.313 e. The highest BCUT2D eigenvalue weighted by Gasteiger charge is 2.18. The number of pyridine rings is 1. The predicted octanol–water partition coefficient (Wildman–Crippen LogP) is 2.62. The molecule has 1 unspecified atom stereocenters. The fourth-order valence-electron chi connectivity index (χ4n) is 3.57. The van der Waals surface area contributed by atoms with E-state index in [1.165, 1.54) is 15.0 Å². The topological polar surface area (TPSA) is 120 Å². The SMILES string of the molecule is Cc1nc2c(cc1C(C)NC=O)nnn2-n1c(C)cnc(NCCc2ccccc2)c1=O.Cl.Cl. The number of halogens is 2. The molecule has 1 atom stereocenters. The first-order valence-electron chi connectivity index (χ1n) is 10.3. The molecule has 3 aromatic heterocycles. The van der Waals surface area contributed by atoms with E-state index < -0.39 is 0 Å². The number of aromatic nitrogens is 6. The molecule has 1 amide bonds. The Hall–Kier alpha value is -3.50. The van der Waals surface area contributed by atoms with E-state index >= 15 is 0 Å². The lowest BCUT2D eigenvalue weighted by molar-refractivity contribution is -0.110. The second kappa shape index (κ2) is 11.6.